The fourth-order valence-corrected chi connectivity index (χ4v) is 4.85. The fourth-order valence-electron chi connectivity index (χ4n) is 3.87. The standard InChI is InChI=1S/C20H21F2N5O2.W/c21-20(22)5-10-25(11-6-20)18(28)15-12-14-2-1-7-27(17(14)24-13-15)16-3-8-26(9-4-16)19(23)29;/h3-4,8,12-13H,1-2,5-7,10-11H2,(H2,23,29);. The number of nitrogens with zero attached hydrogens (tertiary/aromatic N) is 4. The molecule has 0 unspecified atom stereocenters. The van der Waals surface area contributed by atoms with E-state index in [1.54, 1.807) is 6.20 Å². The number of aromatic nitrogens is 2. The van der Waals surface area contributed by atoms with Gasteiger partial charge in [-0.05, 0) is 0 Å². The van der Waals surface area contributed by atoms with Crippen LogP contribution in [0.15, 0.2) is 30.6 Å². The van der Waals surface area contributed by atoms with Crippen LogP contribution in [0.2, 0.25) is 0 Å². The molecule has 10 heteroatoms. The van der Waals surface area contributed by atoms with Crippen LogP contribution in [0.4, 0.5) is 25.1 Å². The van der Waals surface area contributed by atoms with Gasteiger partial charge in [-0.2, -0.15) is 0 Å². The number of carbonyl (C=O) groups is 2. The molecular formula is C20H21F2N5O2W. The van der Waals surface area contributed by atoms with Crippen LogP contribution < -0.4 is 10.6 Å². The van der Waals surface area contributed by atoms with E-state index in [4.69, 9.17) is 5.73 Å². The Morgan fingerprint density at radius 2 is 1.90 bits per heavy atom. The van der Waals surface area contributed by atoms with Crippen LogP contribution in [0.1, 0.15) is 35.2 Å². The van der Waals surface area contributed by atoms with Crippen LogP contribution in [0.25, 0.3) is 0 Å². The number of likely N-dealkylation sites (tertiary alicyclic amines) is 1. The number of rotatable bonds is 2. The number of alkyl halides is 2. The topological polar surface area (TPSA) is 84.5 Å². The summed E-state index contributed by atoms with van der Waals surface area (Å²) < 4.78 is 29.0. The number of anilines is 2. The van der Waals surface area contributed by atoms with E-state index in [1.165, 1.54) is 15.7 Å². The maximum absolute atomic E-state index is 13.4. The van der Waals surface area contributed by atoms with Crippen molar-refractivity contribution in [3.05, 3.63) is 45.4 Å². The second-order valence-electron chi connectivity index (χ2n) is 7.54. The Balaban J connectivity index is 1.59. The molecule has 0 aromatic carbocycles. The average molecular weight is 585 g/mol. The molecule has 2 aromatic heterocycles. The van der Waals surface area contributed by atoms with Gasteiger partial charge in [0.25, 0.3) is 5.92 Å². The van der Waals surface area contributed by atoms with Crippen LogP contribution in [-0.2, 0) is 25.8 Å². The first-order valence-electron chi connectivity index (χ1n) is 9.71. The van der Waals surface area contributed by atoms with Gasteiger partial charge in [-0.25, -0.2) is 8.78 Å². The quantitative estimate of drug-likeness (QED) is 0.588. The van der Waals surface area contributed by atoms with Crippen molar-refractivity contribution in [2.75, 3.05) is 24.5 Å². The second-order valence-corrected chi connectivity index (χ2v) is 9.04. The third kappa shape index (κ3) is 4.08. The van der Waals surface area contributed by atoms with Gasteiger partial charge in [-0.3, -0.25) is 0 Å². The van der Waals surface area contributed by atoms with Crippen LogP contribution in [-0.4, -0.2) is 51.9 Å². The molecule has 0 atom stereocenters. The van der Waals surface area contributed by atoms with E-state index in [-0.39, 0.29) is 31.8 Å². The number of halogens is 2. The summed E-state index contributed by atoms with van der Waals surface area (Å²) in [5, 5.41) is 0. The number of hydrogen-bond donors (Lipinski definition) is 1. The van der Waals surface area contributed by atoms with Gasteiger partial charge in [0, 0.05) is 0 Å². The molecule has 1 fully saturated rings. The van der Waals surface area contributed by atoms with Gasteiger partial charge in [0.1, 0.15) is 0 Å². The fraction of sp³-hybridized carbons (Fsp3) is 0.400. The van der Waals surface area contributed by atoms with Crippen LogP contribution in [0.3, 0.4) is 0 Å². The number of amides is 2. The molecule has 1 saturated heterocycles. The zero-order valence-electron chi connectivity index (χ0n) is 16.2. The molecular weight excluding hydrogens is 564 g/mol. The van der Waals surface area contributed by atoms with Gasteiger partial charge < -0.3 is 0 Å². The van der Waals surface area contributed by atoms with Gasteiger partial charge in [0.15, 0.2) is 0 Å². The molecule has 0 saturated carbocycles. The summed E-state index contributed by atoms with van der Waals surface area (Å²) in [4.78, 5) is 32.3. The Hall–Kier alpha value is -2.41. The zero-order valence-corrected chi connectivity index (χ0v) is 19.1. The number of hydrogen-bond acceptors (Lipinski definition) is 4. The Morgan fingerprint density at radius 1 is 1.17 bits per heavy atom. The Bertz CT molecular complexity index is 1060. The Kier molecular flexibility index (Phi) is 5.57. The normalized spacial score (nSPS) is 18.1. The summed E-state index contributed by atoms with van der Waals surface area (Å²) in [5.41, 5.74) is 7.66. The Labute approximate surface area is 182 Å². The van der Waals surface area contributed by atoms with Crippen molar-refractivity contribution in [3.63, 3.8) is 0 Å². The monoisotopic (exact) mass is 585 g/mol. The number of carbonyl (C=O) groups excluding carboxylic acids is 2. The summed E-state index contributed by atoms with van der Waals surface area (Å²) in [7, 11) is 0. The van der Waals surface area contributed by atoms with Gasteiger partial charge in [0.05, 0.1) is 0 Å². The molecule has 0 aliphatic carbocycles. The molecule has 4 heterocycles. The van der Waals surface area contributed by atoms with Gasteiger partial charge >= 0.3 is 168 Å². The molecule has 2 aliphatic rings. The third-order valence-corrected chi connectivity index (χ3v) is 6.64. The predicted molar refractivity (Wildman–Crippen MR) is 102 cm³/mol. The molecule has 0 bridgehead atoms. The van der Waals surface area contributed by atoms with Crippen molar-refractivity contribution < 1.29 is 37.7 Å². The second kappa shape index (κ2) is 8.02. The molecule has 2 aliphatic heterocycles. The van der Waals surface area contributed by atoms with E-state index in [0.717, 1.165) is 59.5 Å². The summed E-state index contributed by atoms with van der Waals surface area (Å²) in [6.45, 7) is 0.880. The number of aryl methyl sites for hydroxylation is 1. The molecule has 0 spiro atoms. The first-order valence-corrected chi connectivity index (χ1v) is 11.2. The average Bonchev–Trinajstić information content (AvgIpc) is 2.72. The number of piperidine rings is 1. The van der Waals surface area contributed by atoms with E-state index < -0.39 is 12.0 Å². The summed E-state index contributed by atoms with van der Waals surface area (Å²) >= 11 is 1.11. The SMILES string of the molecule is NC(=O)n1ccc(N2CCCc3cc(C(=O)N4CCC(F)(F)CC4)cnc32)c[c]1=[W]. The molecule has 0 radical (unpaired) electrons. The van der Waals surface area contributed by atoms with Crippen molar-refractivity contribution in [2.45, 2.75) is 31.6 Å². The van der Waals surface area contributed by atoms with Crippen LogP contribution in [0.5, 0.6) is 0 Å². The third-order valence-electron chi connectivity index (χ3n) is 5.51. The summed E-state index contributed by atoms with van der Waals surface area (Å²) in [5.74, 6) is -2.16. The van der Waals surface area contributed by atoms with Crippen molar-refractivity contribution in [1.82, 2.24) is 14.5 Å². The summed E-state index contributed by atoms with van der Waals surface area (Å²) in [6.07, 6.45) is 4.25. The minimum absolute atomic E-state index is 0.0561. The first kappa shape index (κ1) is 20.8. The zero-order chi connectivity index (χ0) is 21.5. The number of primary amides is 1. The molecule has 158 valence electrons. The van der Waals surface area contributed by atoms with E-state index in [2.05, 4.69) is 9.88 Å². The van der Waals surface area contributed by atoms with E-state index in [1.807, 2.05) is 18.2 Å². The van der Waals surface area contributed by atoms with Gasteiger partial charge in [-0.15, -0.1) is 0 Å². The molecule has 2 aromatic rings. The number of pyridine rings is 2. The molecule has 4 rings (SSSR count). The van der Waals surface area contributed by atoms with Crippen molar-refractivity contribution in [3.8, 4) is 0 Å². The van der Waals surface area contributed by atoms with E-state index in [9.17, 15) is 18.4 Å². The number of fused-ring (bicyclic) bond motifs is 1. The van der Waals surface area contributed by atoms with Gasteiger partial charge in [0.2, 0.25) is 0 Å². The minimum atomic E-state index is -2.69. The van der Waals surface area contributed by atoms with Crippen molar-refractivity contribution in [1.29, 1.82) is 0 Å². The van der Waals surface area contributed by atoms with Crippen LogP contribution >= 0.6 is 0 Å². The maximum atomic E-state index is 13.4. The molecule has 2 N–H and O–H groups in total. The first-order chi connectivity index (χ1) is 14.2. The predicted octanol–water partition coefficient (Wildman–Crippen LogP) is 2.84. The van der Waals surface area contributed by atoms with Crippen LogP contribution in [0, 0.1) is 3.67 Å². The molecule has 2 amide bonds. The molecule has 7 nitrogen and oxygen atoms in total. The van der Waals surface area contributed by atoms with Crippen molar-refractivity contribution >= 4 is 23.4 Å². The molecule has 30 heavy (non-hydrogen) atoms. The van der Waals surface area contributed by atoms with Gasteiger partial charge in [-0.1, -0.05) is 0 Å². The van der Waals surface area contributed by atoms with E-state index >= 15 is 0 Å². The van der Waals surface area contributed by atoms with E-state index in [0.29, 0.717) is 5.56 Å². The summed E-state index contributed by atoms with van der Waals surface area (Å²) in [6, 6.07) is 5.03. The van der Waals surface area contributed by atoms with Crippen molar-refractivity contribution in [2.24, 2.45) is 5.73 Å². The Morgan fingerprint density at radius 3 is 2.57 bits per heavy atom. The number of nitrogens with two attached hydrogens (primary N) is 1.